The molecule has 1 aliphatic rings. The van der Waals surface area contributed by atoms with Gasteiger partial charge in [0.1, 0.15) is 5.56 Å². The van der Waals surface area contributed by atoms with Gasteiger partial charge >= 0.3 is 6.18 Å². The van der Waals surface area contributed by atoms with Crippen LogP contribution >= 0.6 is 0 Å². The van der Waals surface area contributed by atoms with E-state index in [1.165, 1.54) is 12.3 Å². The van der Waals surface area contributed by atoms with Crippen molar-refractivity contribution in [3.8, 4) is 6.07 Å². The van der Waals surface area contributed by atoms with Crippen LogP contribution < -0.4 is 5.56 Å². The molecule has 0 aromatic carbocycles. The number of alkyl halides is 3. The lowest BCUT2D eigenvalue weighted by atomic mass is 9.78. The molecule has 0 unspecified atom stereocenters. The summed E-state index contributed by atoms with van der Waals surface area (Å²) >= 11 is 0. The van der Waals surface area contributed by atoms with Gasteiger partial charge in [-0.25, -0.2) is 0 Å². The van der Waals surface area contributed by atoms with Gasteiger partial charge in [0, 0.05) is 26.0 Å². The third kappa shape index (κ3) is 3.69. The summed E-state index contributed by atoms with van der Waals surface area (Å²) < 4.78 is 44.4. The largest absolute Gasteiger partial charge is 0.421 e. The lowest BCUT2D eigenvalue weighted by molar-refractivity contribution is -0.139. The molecule has 0 atom stereocenters. The van der Waals surface area contributed by atoms with E-state index in [9.17, 15) is 23.2 Å². The molecule has 0 radical (unpaired) electrons. The lowest BCUT2D eigenvalue weighted by Crippen LogP contribution is -2.30. The Balaban J connectivity index is 2.04. The summed E-state index contributed by atoms with van der Waals surface area (Å²) in [4.78, 5) is 11.8. The summed E-state index contributed by atoms with van der Waals surface area (Å²) in [6, 6.07) is 4.31. The quantitative estimate of drug-likeness (QED) is 0.858. The van der Waals surface area contributed by atoms with Gasteiger partial charge in [0.2, 0.25) is 0 Å². The van der Waals surface area contributed by atoms with Gasteiger partial charge in [-0.2, -0.15) is 18.4 Å². The van der Waals surface area contributed by atoms with Crippen molar-refractivity contribution in [2.75, 3.05) is 13.2 Å². The van der Waals surface area contributed by atoms with Crippen molar-refractivity contribution in [1.29, 1.82) is 5.26 Å². The molecule has 1 fully saturated rings. The highest BCUT2D eigenvalue weighted by atomic mass is 19.4. The Hall–Kier alpha value is -1.81. The molecule has 1 aliphatic heterocycles. The fraction of sp³-hybridized carbons (Fsp3) is 0.600. The number of rotatable bonds is 4. The van der Waals surface area contributed by atoms with Crippen molar-refractivity contribution in [1.82, 2.24) is 4.57 Å². The van der Waals surface area contributed by atoms with Crippen molar-refractivity contribution in [2.45, 2.75) is 38.4 Å². The first kappa shape index (κ1) is 16.6. The van der Waals surface area contributed by atoms with Crippen LogP contribution in [0.25, 0.3) is 0 Å². The maximum absolute atomic E-state index is 12.7. The van der Waals surface area contributed by atoms with Crippen LogP contribution in [0.5, 0.6) is 0 Å². The molecule has 1 saturated heterocycles. The Morgan fingerprint density at radius 2 is 2.05 bits per heavy atom. The first-order chi connectivity index (χ1) is 10.4. The fourth-order valence-corrected chi connectivity index (χ4v) is 2.70. The van der Waals surface area contributed by atoms with E-state index >= 15 is 0 Å². The summed E-state index contributed by atoms with van der Waals surface area (Å²) in [7, 11) is 0. The number of nitrogens with zero attached hydrogens (tertiary/aromatic N) is 2. The van der Waals surface area contributed by atoms with Gasteiger partial charge in [-0.15, -0.1) is 0 Å². The van der Waals surface area contributed by atoms with E-state index in [0.29, 0.717) is 38.9 Å². The van der Waals surface area contributed by atoms with Crippen LogP contribution in [-0.2, 0) is 17.5 Å². The number of aryl methyl sites for hydroxylation is 1. The first-order valence-corrected chi connectivity index (χ1v) is 7.14. The average molecular weight is 314 g/mol. The van der Waals surface area contributed by atoms with Crippen LogP contribution in [0, 0.1) is 16.7 Å². The van der Waals surface area contributed by atoms with E-state index in [1.807, 2.05) is 0 Å². The summed E-state index contributed by atoms with van der Waals surface area (Å²) in [6.45, 7) is 1.22. The molecule has 0 bridgehead atoms. The van der Waals surface area contributed by atoms with E-state index in [4.69, 9.17) is 4.74 Å². The molecular formula is C15H17F3N2O2. The van der Waals surface area contributed by atoms with E-state index in [1.54, 1.807) is 0 Å². The Bertz CT molecular complexity index is 610. The summed E-state index contributed by atoms with van der Waals surface area (Å²) in [6.07, 6.45) is -1.01. The van der Waals surface area contributed by atoms with E-state index in [-0.39, 0.29) is 6.54 Å². The minimum Gasteiger partial charge on any atom is -0.381 e. The molecule has 4 nitrogen and oxygen atoms in total. The van der Waals surface area contributed by atoms with Crippen molar-refractivity contribution in [3.05, 3.63) is 34.2 Å². The SMILES string of the molecule is N#CC1(CCCn2cccc(C(F)(F)F)c2=O)CCOCC1. The van der Waals surface area contributed by atoms with E-state index in [2.05, 4.69) is 6.07 Å². The predicted octanol–water partition coefficient (Wildman–Crippen LogP) is 2.97. The molecule has 7 heteroatoms. The normalized spacial score (nSPS) is 17.9. The molecule has 0 spiro atoms. The molecule has 1 aromatic rings. The van der Waals surface area contributed by atoms with Gasteiger partial charge in [-0.3, -0.25) is 4.79 Å². The Morgan fingerprint density at radius 1 is 1.36 bits per heavy atom. The van der Waals surface area contributed by atoms with Crippen LogP contribution in [0.2, 0.25) is 0 Å². The Kier molecular flexibility index (Phi) is 4.91. The van der Waals surface area contributed by atoms with Crippen molar-refractivity contribution < 1.29 is 17.9 Å². The number of ether oxygens (including phenoxy) is 1. The second-order valence-corrected chi connectivity index (χ2v) is 5.53. The Morgan fingerprint density at radius 3 is 2.64 bits per heavy atom. The molecule has 0 amide bonds. The highest BCUT2D eigenvalue weighted by molar-refractivity contribution is 5.14. The van der Waals surface area contributed by atoms with Gasteiger partial charge in [0.05, 0.1) is 11.5 Å². The van der Waals surface area contributed by atoms with Gasteiger partial charge < -0.3 is 9.30 Å². The smallest absolute Gasteiger partial charge is 0.381 e. The number of hydrogen-bond donors (Lipinski definition) is 0. The van der Waals surface area contributed by atoms with Gasteiger partial charge in [0.25, 0.3) is 5.56 Å². The number of nitriles is 1. The van der Waals surface area contributed by atoms with E-state index < -0.39 is 22.7 Å². The number of pyridine rings is 1. The summed E-state index contributed by atoms with van der Waals surface area (Å²) in [5, 5.41) is 9.32. The van der Waals surface area contributed by atoms with E-state index in [0.717, 1.165) is 10.6 Å². The molecule has 22 heavy (non-hydrogen) atoms. The Labute approximate surface area is 126 Å². The fourth-order valence-electron chi connectivity index (χ4n) is 2.70. The van der Waals surface area contributed by atoms with Crippen LogP contribution in [0.3, 0.4) is 0 Å². The maximum atomic E-state index is 12.7. The molecular weight excluding hydrogens is 297 g/mol. The standard InChI is InChI=1S/C15H17F3N2O2/c16-15(17,18)12-3-1-7-20(13(12)21)8-2-4-14(11-19)5-9-22-10-6-14/h1,3,7H,2,4-6,8-10H2. The number of halogens is 3. The maximum Gasteiger partial charge on any atom is 0.421 e. The minimum absolute atomic E-state index is 0.174. The first-order valence-electron chi connectivity index (χ1n) is 7.14. The monoisotopic (exact) mass is 314 g/mol. The predicted molar refractivity (Wildman–Crippen MR) is 73.0 cm³/mol. The van der Waals surface area contributed by atoms with Crippen LogP contribution in [0.15, 0.2) is 23.1 Å². The van der Waals surface area contributed by atoms with Crippen molar-refractivity contribution in [2.24, 2.45) is 5.41 Å². The zero-order chi connectivity index (χ0) is 16.2. The second-order valence-electron chi connectivity index (χ2n) is 5.53. The third-order valence-corrected chi connectivity index (χ3v) is 4.07. The van der Waals surface area contributed by atoms with Crippen LogP contribution in [-0.4, -0.2) is 17.8 Å². The van der Waals surface area contributed by atoms with Crippen molar-refractivity contribution >= 4 is 0 Å². The van der Waals surface area contributed by atoms with Gasteiger partial charge in [-0.05, 0) is 37.8 Å². The summed E-state index contributed by atoms with van der Waals surface area (Å²) in [5.41, 5.74) is -2.67. The zero-order valence-electron chi connectivity index (χ0n) is 12.0. The van der Waals surface area contributed by atoms with Crippen LogP contribution in [0.1, 0.15) is 31.2 Å². The summed E-state index contributed by atoms with van der Waals surface area (Å²) in [5.74, 6) is 0. The molecule has 120 valence electrons. The highest BCUT2D eigenvalue weighted by Gasteiger charge is 2.34. The lowest BCUT2D eigenvalue weighted by Gasteiger charge is -2.30. The zero-order valence-corrected chi connectivity index (χ0v) is 12.0. The molecule has 0 aliphatic carbocycles. The average Bonchev–Trinajstić information content (AvgIpc) is 2.49. The molecule has 2 heterocycles. The highest BCUT2D eigenvalue weighted by Crippen LogP contribution is 2.34. The molecule has 0 N–H and O–H groups in total. The molecule has 0 saturated carbocycles. The number of aromatic nitrogens is 1. The molecule has 2 rings (SSSR count). The number of hydrogen-bond acceptors (Lipinski definition) is 3. The third-order valence-electron chi connectivity index (χ3n) is 4.07. The topological polar surface area (TPSA) is 55.0 Å². The molecule has 1 aromatic heterocycles. The van der Waals surface area contributed by atoms with Crippen molar-refractivity contribution in [3.63, 3.8) is 0 Å². The van der Waals surface area contributed by atoms with Crippen LogP contribution in [0.4, 0.5) is 13.2 Å². The minimum atomic E-state index is -4.64. The second kappa shape index (κ2) is 6.53. The van der Waals surface area contributed by atoms with Gasteiger partial charge in [-0.1, -0.05) is 0 Å². The van der Waals surface area contributed by atoms with Gasteiger partial charge in [0.15, 0.2) is 0 Å².